The molecular weight excluding hydrogens is 226 g/mol. The zero-order valence-corrected chi connectivity index (χ0v) is 11.1. The summed E-state index contributed by atoms with van der Waals surface area (Å²) < 4.78 is 2.11. The van der Waals surface area contributed by atoms with Gasteiger partial charge in [0.05, 0.1) is 0 Å². The highest BCUT2D eigenvalue weighted by Crippen LogP contribution is 2.17. The number of hydrogen-bond acceptors (Lipinski definition) is 4. The molecule has 0 saturated carbocycles. The quantitative estimate of drug-likeness (QED) is 0.871. The fourth-order valence-electron chi connectivity index (χ4n) is 1.90. The molecule has 0 bridgehead atoms. The van der Waals surface area contributed by atoms with Crippen molar-refractivity contribution in [1.29, 1.82) is 0 Å². The Bertz CT molecular complexity index is 488. The van der Waals surface area contributed by atoms with Crippen molar-refractivity contribution in [3.63, 3.8) is 0 Å². The van der Waals surface area contributed by atoms with Crippen molar-refractivity contribution in [2.75, 3.05) is 6.54 Å². The number of hydrogen-bond donors (Lipinski definition) is 1. The molecular formula is C13H19N5. The Labute approximate surface area is 107 Å². The fourth-order valence-corrected chi connectivity index (χ4v) is 1.90. The molecule has 5 nitrogen and oxygen atoms in total. The van der Waals surface area contributed by atoms with Crippen LogP contribution in [0.15, 0.2) is 24.8 Å². The Hall–Kier alpha value is -1.75. The van der Waals surface area contributed by atoms with Crippen LogP contribution in [-0.4, -0.2) is 26.1 Å². The van der Waals surface area contributed by atoms with E-state index in [1.807, 2.05) is 31.7 Å². The van der Waals surface area contributed by atoms with E-state index in [1.54, 1.807) is 0 Å². The third-order valence-electron chi connectivity index (χ3n) is 2.81. The van der Waals surface area contributed by atoms with E-state index in [-0.39, 0.29) is 6.04 Å². The minimum Gasteiger partial charge on any atom is -0.334 e. The highest BCUT2D eigenvalue weighted by atomic mass is 15.1. The van der Waals surface area contributed by atoms with Crippen LogP contribution < -0.4 is 5.32 Å². The van der Waals surface area contributed by atoms with E-state index in [0.29, 0.717) is 0 Å². The average Bonchev–Trinajstić information content (AvgIpc) is 2.85. The van der Waals surface area contributed by atoms with Gasteiger partial charge in [0.25, 0.3) is 0 Å². The lowest BCUT2D eigenvalue weighted by molar-refractivity contribution is 0.535. The Balaban J connectivity index is 2.36. The van der Waals surface area contributed by atoms with Crippen LogP contribution in [0.5, 0.6) is 0 Å². The third-order valence-corrected chi connectivity index (χ3v) is 2.81. The van der Waals surface area contributed by atoms with Gasteiger partial charge in [0.1, 0.15) is 11.9 Å². The zero-order chi connectivity index (χ0) is 13.0. The van der Waals surface area contributed by atoms with Crippen molar-refractivity contribution >= 4 is 0 Å². The summed E-state index contributed by atoms with van der Waals surface area (Å²) in [6.45, 7) is 7.89. The van der Waals surface area contributed by atoms with E-state index in [1.165, 1.54) is 0 Å². The van der Waals surface area contributed by atoms with E-state index in [9.17, 15) is 0 Å². The van der Waals surface area contributed by atoms with Gasteiger partial charge in [0, 0.05) is 31.3 Å². The number of imidazole rings is 1. The summed E-state index contributed by atoms with van der Waals surface area (Å²) in [5, 5.41) is 3.39. The predicted molar refractivity (Wildman–Crippen MR) is 70.2 cm³/mol. The molecule has 0 radical (unpaired) electrons. The lowest BCUT2D eigenvalue weighted by Gasteiger charge is -2.17. The summed E-state index contributed by atoms with van der Waals surface area (Å²) in [6.07, 6.45) is 7.48. The Morgan fingerprint density at radius 3 is 2.56 bits per heavy atom. The van der Waals surface area contributed by atoms with Crippen LogP contribution in [0.3, 0.4) is 0 Å². The molecule has 2 aromatic rings. The Kier molecular flexibility index (Phi) is 4.04. The normalized spacial score (nSPS) is 12.6. The molecule has 0 amide bonds. The SMILES string of the molecule is CCNC(c1ncc(C)cn1)c1nccn1CC. The summed E-state index contributed by atoms with van der Waals surface area (Å²) in [7, 11) is 0. The van der Waals surface area contributed by atoms with Gasteiger partial charge in [-0.2, -0.15) is 0 Å². The van der Waals surface area contributed by atoms with Gasteiger partial charge in [-0.15, -0.1) is 0 Å². The average molecular weight is 245 g/mol. The molecule has 0 spiro atoms. The second kappa shape index (κ2) is 5.73. The molecule has 96 valence electrons. The third kappa shape index (κ3) is 2.56. The molecule has 0 aliphatic heterocycles. The van der Waals surface area contributed by atoms with Crippen molar-refractivity contribution < 1.29 is 0 Å². The maximum absolute atomic E-state index is 4.43. The predicted octanol–water partition coefficient (Wildman–Crippen LogP) is 1.70. The topological polar surface area (TPSA) is 55.6 Å². The van der Waals surface area contributed by atoms with Crippen LogP contribution in [0.1, 0.15) is 37.1 Å². The van der Waals surface area contributed by atoms with E-state index in [4.69, 9.17) is 0 Å². The monoisotopic (exact) mass is 245 g/mol. The first kappa shape index (κ1) is 12.7. The van der Waals surface area contributed by atoms with Crippen LogP contribution >= 0.6 is 0 Å². The standard InChI is InChI=1S/C13H19N5/c1-4-14-11(12-16-8-10(3)9-17-12)13-15-6-7-18(13)5-2/h6-9,11,14H,4-5H2,1-3H3. The molecule has 0 saturated heterocycles. The molecule has 18 heavy (non-hydrogen) atoms. The summed E-state index contributed by atoms with van der Waals surface area (Å²) in [6, 6.07) is -0.0504. The molecule has 0 fully saturated rings. The summed E-state index contributed by atoms with van der Waals surface area (Å²) in [4.78, 5) is 13.2. The van der Waals surface area contributed by atoms with Crippen molar-refractivity contribution in [3.8, 4) is 0 Å². The van der Waals surface area contributed by atoms with Crippen LogP contribution in [0.2, 0.25) is 0 Å². The molecule has 0 aliphatic carbocycles. The Morgan fingerprint density at radius 2 is 1.94 bits per heavy atom. The zero-order valence-electron chi connectivity index (χ0n) is 11.1. The van der Waals surface area contributed by atoms with Crippen LogP contribution in [0.25, 0.3) is 0 Å². The second-order valence-corrected chi connectivity index (χ2v) is 4.18. The number of rotatable bonds is 5. The van der Waals surface area contributed by atoms with Gasteiger partial charge in [0.15, 0.2) is 5.82 Å². The maximum atomic E-state index is 4.43. The number of aromatic nitrogens is 4. The fraction of sp³-hybridized carbons (Fsp3) is 0.462. The van der Waals surface area contributed by atoms with E-state index in [0.717, 1.165) is 30.3 Å². The number of aryl methyl sites for hydroxylation is 2. The van der Waals surface area contributed by atoms with Gasteiger partial charge < -0.3 is 9.88 Å². The summed E-state index contributed by atoms with van der Waals surface area (Å²) >= 11 is 0. The molecule has 2 heterocycles. The molecule has 1 atom stereocenters. The number of nitrogens with zero attached hydrogens (tertiary/aromatic N) is 4. The van der Waals surface area contributed by atoms with Gasteiger partial charge >= 0.3 is 0 Å². The highest BCUT2D eigenvalue weighted by molar-refractivity contribution is 5.13. The minimum atomic E-state index is -0.0504. The molecule has 2 aromatic heterocycles. The second-order valence-electron chi connectivity index (χ2n) is 4.18. The lowest BCUT2D eigenvalue weighted by atomic mass is 10.2. The van der Waals surface area contributed by atoms with Gasteiger partial charge in [0.2, 0.25) is 0 Å². The van der Waals surface area contributed by atoms with E-state index in [2.05, 4.69) is 38.7 Å². The highest BCUT2D eigenvalue weighted by Gasteiger charge is 2.20. The van der Waals surface area contributed by atoms with Crippen molar-refractivity contribution in [2.24, 2.45) is 0 Å². The van der Waals surface area contributed by atoms with Gasteiger partial charge in [-0.1, -0.05) is 6.92 Å². The van der Waals surface area contributed by atoms with Crippen molar-refractivity contribution in [1.82, 2.24) is 24.8 Å². The van der Waals surface area contributed by atoms with Crippen molar-refractivity contribution in [3.05, 3.63) is 42.0 Å². The van der Waals surface area contributed by atoms with E-state index < -0.39 is 0 Å². The minimum absolute atomic E-state index is 0.0504. The van der Waals surface area contributed by atoms with Crippen LogP contribution in [-0.2, 0) is 6.54 Å². The van der Waals surface area contributed by atoms with Crippen LogP contribution in [0, 0.1) is 6.92 Å². The summed E-state index contributed by atoms with van der Waals surface area (Å²) in [5.41, 5.74) is 1.06. The Morgan fingerprint density at radius 1 is 1.22 bits per heavy atom. The molecule has 1 N–H and O–H groups in total. The first-order chi connectivity index (χ1) is 8.76. The van der Waals surface area contributed by atoms with Crippen LogP contribution in [0.4, 0.5) is 0 Å². The first-order valence-corrected chi connectivity index (χ1v) is 6.29. The molecule has 5 heteroatoms. The molecule has 1 unspecified atom stereocenters. The lowest BCUT2D eigenvalue weighted by Crippen LogP contribution is -2.27. The largest absolute Gasteiger partial charge is 0.334 e. The summed E-state index contributed by atoms with van der Waals surface area (Å²) in [5.74, 6) is 1.73. The molecule has 2 rings (SSSR count). The van der Waals surface area contributed by atoms with E-state index >= 15 is 0 Å². The van der Waals surface area contributed by atoms with Gasteiger partial charge in [-0.3, -0.25) is 0 Å². The van der Waals surface area contributed by atoms with Gasteiger partial charge in [-0.25, -0.2) is 15.0 Å². The molecule has 0 aliphatic rings. The van der Waals surface area contributed by atoms with Gasteiger partial charge in [-0.05, 0) is 26.0 Å². The molecule has 0 aromatic carbocycles. The van der Waals surface area contributed by atoms with Crippen molar-refractivity contribution in [2.45, 2.75) is 33.4 Å². The maximum Gasteiger partial charge on any atom is 0.152 e. The first-order valence-electron chi connectivity index (χ1n) is 6.29. The smallest absolute Gasteiger partial charge is 0.152 e. The number of nitrogens with one attached hydrogen (secondary N) is 1.